The predicted molar refractivity (Wildman–Crippen MR) is 291 cm³/mol. The Morgan fingerprint density at radius 2 is 0.838 bits per heavy atom. The second-order valence-electron chi connectivity index (χ2n) is 21.4. The first-order valence-electron chi connectivity index (χ1n) is 27.2. The molecule has 7 aromatic rings. The van der Waals surface area contributed by atoms with Gasteiger partial charge in [0.05, 0.1) is 0 Å². The van der Waals surface area contributed by atoms with Crippen LogP contribution in [0.3, 0.4) is 0 Å². The number of hydrogen-bond donors (Lipinski definition) is 0. The standard InChI is InChI=1S/C67H73N/c1-3-40-67(41-4-2)65-29-15-14-28-63(65)64-39-38-62(47-66(64)67)68(60-36-34-53(35-37-60)52-32-30-51(31-33-52)48-18-8-5-9-19-48)61-27-17-26-56(46-61)54-24-16-25-55(42-54)59-44-57(49-20-10-6-11-21-49)43-58(45-59)50-22-12-7-13-23-50/h14-17,24-39,42-50H,3-13,18-23,40-41H2,1-2H3. The summed E-state index contributed by atoms with van der Waals surface area (Å²) in [5, 5.41) is 0. The third kappa shape index (κ3) is 8.92. The van der Waals surface area contributed by atoms with E-state index >= 15 is 0 Å². The smallest absolute Gasteiger partial charge is 0.0467 e. The minimum Gasteiger partial charge on any atom is -0.310 e. The van der Waals surface area contributed by atoms with Crippen LogP contribution < -0.4 is 4.90 Å². The van der Waals surface area contributed by atoms with Gasteiger partial charge in [0.25, 0.3) is 0 Å². The van der Waals surface area contributed by atoms with Crippen LogP contribution in [0.1, 0.15) is 181 Å². The molecule has 68 heavy (non-hydrogen) atoms. The molecule has 0 unspecified atom stereocenters. The van der Waals surface area contributed by atoms with Crippen LogP contribution >= 0.6 is 0 Å². The van der Waals surface area contributed by atoms with Crippen LogP contribution in [-0.2, 0) is 5.41 Å². The summed E-state index contributed by atoms with van der Waals surface area (Å²) >= 11 is 0. The molecule has 0 heterocycles. The Kier molecular flexibility index (Phi) is 13.3. The highest BCUT2D eigenvalue weighted by Crippen LogP contribution is 2.55. The number of rotatable bonds is 13. The molecule has 0 aliphatic heterocycles. The molecule has 4 aliphatic rings. The van der Waals surface area contributed by atoms with Gasteiger partial charge in [-0.2, -0.15) is 0 Å². The Bertz CT molecular complexity index is 2770. The van der Waals surface area contributed by atoms with Gasteiger partial charge >= 0.3 is 0 Å². The lowest BCUT2D eigenvalue weighted by Gasteiger charge is -2.33. The summed E-state index contributed by atoms with van der Waals surface area (Å²) in [6, 6.07) is 62.1. The molecule has 346 valence electrons. The molecular weight excluding hydrogens is 819 g/mol. The molecule has 0 spiro atoms. The second kappa shape index (κ2) is 20.1. The highest BCUT2D eigenvalue weighted by Gasteiger charge is 2.42. The zero-order chi connectivity index (χ0) is 45.9. The maximum atomic E-state index is 2.63. The summed E-state index contributed by atoms with van der Waals surface area (Å²) in [4.78, 5) is 2.53. The lowest BCUT2D eigenvalue weighted by Crippen LogP contribution is -2.25. The monoisotopic (exact) mass is 892 g/mol. The average Bonchev–Trinajstić information content (AvgIpc) is 3.68. The molecule has 7 aromatic carbocycles. The Morgan fingerprint density at radius 1 is 0.353 bits per heavy atom. The van der Waals surface area contributed by atoms with E-state index in [9.17, 15) is 0 Å². The summed E-state index contributed by atoms with van der Waals surface area (Å²) in [5.74, 6) is 2.11. The van der Waals surface area contributed by atoms with Crippen molar-refractivity contribution in [2.75, 3.05) is 4.90 Å². The molecule has 0 aromatic heterocycles. The van der Waals surface area contributed by atoms with Gasteiger partial charge in [-0.05, 0) is 184 Å². The van der Waals surface area contributed by atoms with Crippen LogP contribution in [-0.4, -0.2) is 0 Å². The van der Waals surface area contributed by atoms with E-state index in [1.54, 1.807) is 11.1 Å². The van der Waals surface area contributed by atoms with Gasteiger partial charge in [0.2, 0.25) is 0 Å². The van der Waals surface area contributed by atoms with Crippen molar-refractivity contribution in [3.63, 3.8) is 0 Å². The lowest BCUT2D eigenvalue weighted by atomic mass is 9.71. The highest BCUT2D eigenvalue weighted by atomic mass is 15.1. The van der Waals surface area contributed by atoms with Crippen molar-refractivity contribution in [1.82, 2.24) is 0 Å². The van der Waals surface area contributed by atoms with Gasteiger partial charge in [-0.1, -0.05) is 200 Å². The average molecular weight is 892 g/mol. The van der Waals surface area contributed by atoms with E-state index < -0.39 is 0 Å². The summed E-state index contributed by atoms with van der Waals surface area (Å²) in [5.41, 5.74) is 21.9. The molecule has 0 saturated heterocycles. The van der Waals surface area contributed by atoms with Crippen molar-refractivity contribution >= 4 is 17.1 Å². The van der Waals surface area contributed by atoms with Crippen molar-refractivity contribution in [2.24, 2.45) is 0 Å². The minimum absolute atomic E-state index is 0.0121. The number of nitrogens with zero attached hydrogens (tertiary/aromatic N) is 1. The Morgan fingerprint density at radius 3 is 1.44 bits per heavy atom. The predicted octanol–water partition coefficient (Wildman–Crippen LogP) is 20.2. The third-order valence-corrected chi connectivity index (χ3v) is 17.1. The molecule has 4 aliphatic carbocycles. The third-order valence-electron chi connectivity index (χ3n) is 17.1. The van der Waals surface area contributed by atoms with E-state index in [1.165, 1.54) is 175 Å². The molecule has 0 N–H and O–H groups in total. The molecule has 1 heteroatoms. The summed E-state index contributed by atoms with van der Waals surface area (Å²) in [7, 11) is 0. The number of anilines is 3. The van der Waals surface area contributed by atoms with Gasteiger partial charge < -0.3 is 4.90 Å². The molecule has 0 amide bonds. The largest absolute Gasteiger partial charge is 0.310 e. The summed E-state index contributed by atoms with van der Waals surface area (Å²) in [6.45, 7) is 4.73. The molecule has 3 saturated carbocycles. The molecular formula is C67H73N. The Hall–Kier alpha value is -5.66. The molecule has 0 atom stereocenters. The normalized spacial score (nSPS) is 17.4. The second-order valence-corrected chi connectivity index (χ2v) is 21.4. The van der Waals surface area contributed by atoms with Crippen LogP contribution in [0, 0.1) is 0 Å². The van der Waals surface area contributed by atoms with E-state index in [1.807, 2.05) is 0 Å². The first kappa shape index (κ1) is 44.8. The fourth-order valence-electron chi connectivity index (χ4n) is 13.6. The van der Waals surface area contributed by atoms with Gasteiger partial charge in [-0.3, -0.25) is 0 Å². The Labute approximate surface area is 409 Å². The van der Waals surface area contributed by atoms with Crippen LogP contribution in [0.2, 0.25) is 0 Å². The van der Waals surface area contributed by atoms with Gasteiger partial charge in [0.15, 0.2) is 0 Å². The maximum absolute atomic E-state index is 2.63. The van der Waals surface area contributed by atoms with Crippen molar-refractivity contribution in [1.29, 1.82) is 0 Å². The highest BCUT2D eigenvalue weighted by molar-refractivity contribution is 5.87. The number of hydrogen-bond acceptors (Lipinski definition) is 1. The topological polar surface area (TPSA) is 3.24 Å². The van der Waals surface area contributed by atoms with E-state index in [0.29, 0.717) is 11.8 Å². The van der Waals surface area contributed by atoms with Crippen molar-refractivity contribution in [3.05, 3.63) is 186 Å². The fraction of sp³-hybridized carbons (Fsp3) is 0.373. The van der Waals surface area contributed by atoms with E-state index in [-0.39, 0.29) is 5.41 Å². The summed E-state index contributed by atoms with van der Waals surface area (Å²) in [6.07, 6.45) is 25.0. The molecule has 11 rings (SSSR count). The molecule has 1 nitrogen and oxygen atoms in total. The molecule has 0 bridgehead atoms. The SMILES string of the molecule is CCCC1(CCC)c2ccccc2-c2ccc(N(c3ccc(-c4ccc(C5CCCCC5)cc4)cc3)c3cccc(-c4cccc(-c5cc(C6CCCCC6)cc(C6CCCCC6)c5)c4)c3)cc21. The molecule has 3 fully saturated rings. The van der Waals surface area contributed by atoms with E-state index in [2.05, 4.69) is 176 Å². The lowest BCUT2D eigenvalue weighted by molar-refractivity contribution is 0.435. The number of fused-ring (bicyclic) bond motifs is 3. The van der Waals surface area contributed by atoms with Crippen LogP contribution in [0.25, 0.3) is 44.5 Å². The minimum atomic E-state index is 0.0121. The quantitative estimate of drug-likeness (QED) is 0.111. The molecule has 0 radical (unpaired) electrons. The fourth-order valence-corrected chi connectivity index (χ4v) is 13.6. The van der Waals surface area contributed by atoms with Crippen molar-refractivity contribution in [3.8, 4) is 44.5 Å². The maximum Gasteiger partial charge on any atom is 0.0467 e. The first-order chi connectivity index (χ1) is 33.6. The Balaban J connectivity index is 0.984. The van der Waals surface area contributed by atoms with Gasteiger partial charge in [0, 0.05) is 22.5 Å². The first-order valence-corrected chi connectivity index (χ1v) is 27.2. The number of benzene rings is 7. The van der Waals surface area contributed by atoms with Crippen LogP contribution in [0.15, 0.2) is 158 Å². The van der Waals surface area contributed by atoms with Crippen molar-refractivity contribution < 1.29 is 0 Å². The van der Waals surface area contributed by atoms with Crippen LogP contribution in [0.5, 0.6) is 0 Å². The van der Waals surface area contributed by atoms with Crippen molar-refractivity contribution in [2.45, 2.75) is 159 Å². The van der Waals surface area contributed by atoms with E-state index in [0.717, 1.165) is 31.6 Å². The van der Waals surface area contributed by atoms with E-state index in [4.69, 9.17) is 0 Å². The zero-order valence-electron chi connectivity index (χ0n) is 41.1. The zero-order valence-corrected chi connectivity index (χ0v) is 41.1. The van der Waals surface area contributed by atoms with Gasteiger partial charge in [0.1, 0.15) is 0 Å². The van der Waals surface area contributed by atoms with Crippen LogP contribution in [0.4, 0.5) is 17.1 Å². The van der Waals surface area contributed by atoms with Gasteiger partial charge in [-0.15, -0.1) is 0 Å². The van der Waals surface area contributed by atoms with Gasteiger partial charge in [-0.25, -0.2) is 0 Å². The summed E-state index contributed by atoms with van der Waals surface area (Å²) < 4.78 is 0.